The summed E-state index contributed by atoms with van der Waals surface area (Å²) < 4.78 is 6.35. The van der Waals surface area contributed by atoms with Crippen molar-refractivity contribution in [1.29, 1.82) is 0 Å². The molecule has 1 heterocycles. The molecule has 0 radical (unpaired) electrons. The largest absolute Gasteiger partial charge is 0.504 e. The van der Waals surface area contributed by atoms with Gasteiger partial charge < -0.3 is 15.2 Å². The summed E-state index contributed by atoms with van der Waals surface area (Å²) in [6.07, 6.45) is 1.77. The molecule has 2 N–H and O–H groups in total. The number of anilines is 1. The second-order valence-electron chi connectivity index (χ2n) is 4.04. The highest BCUT2D eigenvalue weighted by atomic mass is 127. The summed E-state index contributed by atoms with van der Waals surface area (Å²) in [4.78, 5) is 8.82. The van der Waals surface area contributed by atoms with Gasteiger partial charge in [0.25, 0.3) is 0 Å². The van der Waals surface area contributed by atoms with Gasteiger partial charge in [-0.3, -0.25) is 0 Å². The van der Waals surface area contributed by atoms with Crippen molar-refractivity contribution in [3.63, 3.8) is 0 Å². The smallest absolute Gasteiger partial charge is 0.161 e. The highest BCUT2D eigenvalue weighted by Crippen LogP contribution is 2.31. The van der Waals surface area contributed by atoms with E-state index < -0.39 is 0 Å². The molecule has 0 aliphatic rings. The fourth-order valence-electron chi connectivity index (χ4n) is 1.72. The van der Waals surface area contributed by atoms with Crippen molar-refractivity contribution in [1.82, 2.24) is 9.97 Å². The third-order valence-electron chi connectivity index (χ3n) is 2.61. The summed E-state index contributed by atoms with van der Waals surface area (Å²) >= 11 is 2.19. The molecule has 20 heavy (non-hydrogen) atoms. The summed E-state index contributed by atoms with van der Waals surface area (Å²) in [5.41, 5.74) is 0.807. The molecule has 1 aromatic heterocycles. The monoisotopic (exact) mass is 385 g/mol. The van der Waals surface area contributed by atoms with Crippen molar-refractivity contribution in [2.45, 2.75) is 13.8 Å². The summed E-state index contributed by atoms with van der Waals surface area (Å²) in [7, 11) is 0. The maximum Gasteiger partial charge on any atom is 0.161 e. The first-order chi connectivity index (χ1) is 9.65. The lowest BCUT2D eigenvalue weighted by atomic mass is 10.2. The van der Waals surface area contributed by atoms with Gasteiger partial charge in [0, 0.05) is 18.3 Å². The minimum atomic E-state index is 0.119. The van der Waals surface area contributed by atoms with Crippen molar-refractivity contribution in [2.75, 3.05) is 18.5 Å². The Hall–Kier alpha value is -1.57. The van der Waals surface area contributed by atoms with E-state index in [1.54, 1.807) is 24.4 Å². The van der Waals surface area contributed by atoms with E-state index in [1.807, 2.05) is 13.8 Å². The first kappa shape index (κ1) is 14.8. The molecule has 0 aliphatic carbocycles. The van der Waals surface area contributed by atoms with Gasteiger partial charge in [-0.05, 0) is 54.6 Å². The zero-order chi connectivity index (χ0) is 14.5. The SMILES string of the molecule is CCNc1nc(-c2ccc(O)c(OCC)c2)ncc1I. The lowest BCUT2D eigenvalue weighted by Gasteiger charge is -2.10. The number of hydrogen-bond acceptors (Lipinski definition) is 5. The van der Waals surface area contributed by atoms with E-state index >= 15 is 0 Å². The van der Waals surface area contributed by atoms with Crippen LogP contribution in [0.4, 0.5) is 5.82 Å². The van der Waals surface area contributed by atoms with Crippen molar-refractivity contribution >= 4 is 28.4 Å². The fourth-order valence-corrected chi connectivity index (χ4v) is 2.17. The van der Waals surface area contributed by atoms with E-state index in [1.165, 1.54) is 0 Å². The van der Waals surface area contributed by atoms with E-state index in [0.29, 0.717) is 18.2 Å². The lowest BCUT2D eigenvalue weighted by Crippen LogP contribution is -2.03. The predicted octanol–water partition coefficient (Wildman–Crippen LogP) is 3.28. The number of hydrogen-bond donors (Lipinski definition) is 2. The minimum Gasteiger partial charge on any atom is -0.504 e. The molecule has 0 amide bonds. The highest BCUT2D eigenvalue weighted by Gasteiger charge is 2.09. The van der Waals surface area contributed by atoms with Crippen LogP contribution in [0.5, 0.6) is 11.5 Å². The van der Waals surface area contributed by atoms with Gasteiger partial charge in [0.2, 0.25) is 0 Å². The second-order valence-corrected chi connectivity index (χ2v) is 5.20. The molecule has 0 bridgehead atoms. The van der Waals surface area contributed by atoms with Crippen LogP contribution in [0.3, 0.4) is 0 Å². The molecule has 0 spiro atoms. The van der Waals surface area contributed by atoms with Crippen LogP contribution < -0.4 is 10.1 Å². The number of phenolic OH excluding ortho intramolecular Hbond substituents is 1. The molecule has 1 aromatic carbocycles. The van der Waals surface area contributed by atoms with Crippen LogP contribution in [0.1, 0.15) is 13.8 Å². The number of ether oxygens (including phenoxy) is 1. The van der Waals surface area contributed by atoms with E-state index in [0.717, 1.165) is 21.5 Å². The van der Waals surface area contributed by atoms with Crippen molar-refractivity contribution in [2.24, 2.45) is 0 Å². The van der Waals surface area contributed by atoms with Gasteiger partial charge in [0.05, 0.1) is 10.2 Å². The molecule has 6 heteroatoms. The quantitative estimate of drug-likeness (QED) is 0.774. The van der Waals surface area contributed by atoms with E-state index in [2.05, 4.69) is 37.9 Å². The summed E-state index contributed by atoms with van der Waals surface area (Å²) in [5.74, 6) is 1.97. The lowest BCUT2D eigenvalue weighted by molar-refractivity contribution is 0.318. The topological polar surface area (TPSA) is 67.3 Å². The van der Waals surface area contributed by atoms with Crippen LogP contribution in [0.2, 0.25) is 0 Å². The molecule has 0 unspecified atom stereocenters. The number of benzene rings is 1. The number of halogens is 1. The predicted molar refractivity (Wildman–Crippen MR) is 87.2 cm³/mol. The van der Waals surface area contributed by atoms with Crippen molar-refractivity contribution in [3.8, 4) is 22.9 Å². The summed E-state index contributed by atoms with van der Waals surface area (Å²) in [5, 5.41) is 12.9. The second kappa shape index (κ2) is 6.74. The van der Waals surface area contributed by atoms with Gasteiger partial charge in [0.15, 0.2) is 17.3 Å². The Balaban J connectivity index is 2.40. The molecule has 0 saturated heterocycles. The van der Waals surface area contributed by atoms with Gasteiger partial charge in [-0.25, -0.2) is 9.97 Å². The Labute approximate surface area is 131 Å². The van der Waals surface area contributed by atoms with E-state index in [-0.39, 0.29) is 5.75 Å². The number of aromatic hydroxyl groups is 1. The average molecular weight is 385 g/mol. The Morgan fingerprint density at radius 1 is 1.35 bits per heavy atom. The van der Waals surface area contributed by atoms with Gasteiger partial charge in [-0.2, -0.15) is 0 Å². The number of aromatic nitrogens is 2. The molecule has 5 nitrogen and oxygen atoms in total. The minimum absolute atomic E-state index is 0.119. The Morgan fingerprint density at radius 2 is 2.15 bits per heavy atom. The number of phenols is 1. The van der Waals surface area contributed by atoms with Crippen LogP contribution in [0.25, 0.3) is 11.4 Å². The number of nitrogens with zero attached hydrogens (tertiary/aromatic N) is 2. The number of rotatable bonds is 5. The zero-order valence-electron chi connectivity index (χ0n) is 11.4. The van der Waals surface area contributed by atoms with Gasteiger partial charge >= 0.3 is 0 Å². The molecule has 106 valence electrons. The van der Waals surface area contributed by atoms with Gasteiger partial charge in [0.1, 0.15) is 5.82 Å². The van der Waals surface area contributed by atoms with Crippen LogP contribution in [0.15, 0.2) is 24.4 Å². The van der Waals surface area contributed by atoms with Gasteiger partial charge in [-0.1, -0.05) is 0 Å². The van der Waals surface area contributed by atoms with Crippen LogP contribution in [-0.4, -0.2) is 28.2 Å². The molecule has 0 atom stereocenters. The molecule has 2 rings (SSSR count). The molecular formula is C14H16IN3O2. The third-order valence-corrected chi connectivity index (χ3v) is 3.40. The van der Waals surface area contributed by atoms with Crippen molar-refractivity contribution < 1.29 is 9.84 Å². The normalized spacial score (nSPS) is 10.3. The number of nitrogens with one attached hydrogen (secondary N) is 1. The molecule has 0 fully saturated rings. The van der Waals surface area contributed by atoms with E-state index in [9.17, 15) is 5.11 Å². The molecule has 0 aliphatic heterocycles. The highest BCUT2D eigenvalue weighted by molar-refractivity contribution is 14.1. The van der Waals surface area contributed by atoms with Crippen molar-refractivity contribution in [3.05, 3.63) is 28.0 Å². The van der Waals surface area contributed by atoms with Gasteiger partial charge in [-0.15, -0.1) is 0 Å². The Kier molecular flexibility index (Phi) is 4.99. The summed E-state index contributed by atoms with van der Waals surface area (Å²) in [6.45, 7) is 5.18. The zero-order valence-corrected chi connectivity index (χ0v) is 13.5. The standard InChI is InChI=1S/C14H16IN3O2/c1-3-16-14-10(15)8-17-13(18-14)9-5-6-11(19)12(7-9)20-4-2/h5-8,19H,3-4H2,1-2H3,(H,16,17,18). The summed E-state index contributed by atoms with van der Waals surface area (Å²) in [6, 6.07) is 5.11. The van der Waals surface area contributed by atoms with Crippen LogP contribution >= 0.6 is 22.6 Å². The Bertz CT molecular complexity index is 551. The first-order valence-electron chi connectivity index (χ1n) is 6.38. The average Bonchev–Trinajstić information content (AvgIpc) is 2.44. The molecule has 0 saturated carbocycles. The first-order valence-corrected chi connectivity index (χ1v) is 7.46. The Morgan fingerprint density at radius 3 is 2.85 bits per heavy atom. The van der Waals surface area contributed by atoms with Crippen LogP contribution in [-0.2, 0) is 0 Å². The maximum atomic E-state index is 9.72. The van der Waals surface area contributed by atoms with Crippen LogP contribution in [0, 0.1) is 3.57 Å². The fraction of sp³-hybridized carbons (Fsp3) is 0.286. The third kappa shape index (κ3) is 3.30. The molecular weight excluding hydrogens is 369 g/mol. The molecule has 2 aromatic rings. The van der Waals surface area contributed by atoms with E-state index in [4.69, 9.17) is 4.74 Å². The maximum absolute atomic E-state index is 9.72.